The van der Waals surface area contributed by atoms with Crippen LogP contribution in [-0.2, 0) is 11.8 Å². The van der Waals surface area contributed by atoms with Crippen molar-refractivity contribution >= 4 is 22.0 Å². The van der Waals surface area contributed by atoms with E-state index in [-0.39, 0.29) is 5.41 Å². The third-order valence-corrected chi connectivity index (χ3v) is 3.94. The molecule has 2 N–H and O–H groups in total. The Morgan fingerprint density at radius 1 is 1.15 bits per heavy atom. The highest BCUT2D eigenvalue weighted by atomic mass is 32.1. The number of nitrogens with zero attached hydrogens (tertiary/aromatic N) is 4. The second-order valence-electron chi connectivity index (χ2n) is 5.88. The standard InChI is InChI=1S/C14H17N5S/c1-14(2,3)12-16-17-13-19(12)18-11(20-13)8-9-4-6-10(15)7-5-9/h4-7H,8,15H2,1-3H3. The van der Waals surface area contributed by atoms with Crippen molar-refractivity contribution in [3.63, 3.8) is 0 Å². The van der Waals surface area contributed by atoms with E-state index in [1.54, 1.807) is 11.3 Å². The molecule has 0 aliphatic heterocycles. The molecule has 0 bridgehead atoms. The fourth-order valence-electron chi connectivity index (χ4n) is 2.01. The van der Waals surface area contributed by atoms with Crippen molar-refractivity contribution in [1.29, 1.82) is 0 Å². The van der Waals surface area contributed by atoms with Crippen molar-refractivity contribution in [1.82, 2.24) is 19.8 Å². The lowest BCUT2D eigenvalue weighted by Gasteiger charge is -2.13. The van der Waals surface area contributed by atoms with Crippen LogP contribution in [0.25, 0.3) is 4.96 Å². The van der Waals surface area contributed by atoms with Gasteiger partial charge >= 0.3 is 0 Å². The van der Waals surface area contributed by atoms with E-state index in [9.17, 15) is 0 Å². The zero-order chi connectivity index (χ0) is 14.3. The van der Waals surface area contributed by atoms with Gasteiger partial charge in [-0.1, -0.05) is 44.2 Å². The van der Waals surface area contributed by atoms with Crippen LogP contribution in [0.3, 0.4) is 0 Å². The molecule has 0 aliphatic rings. The van der Waals surface area contributed by atoms with E-state index in [4.69, 9.17) is 5.73 Å². The van der Waals surface area contributed by atoms with E-state index in [1.165, 1.54) is 5.56 Å². The van der Waals surface area contributed by atoms with Crippen molar-refractivity contribution < 1.29 is 0 Å². The van der Waals surface area contributed by atoms with Crippen LogP contribution in [-0.4, -0.2) is 19.8 Å². The summed E-state index contributed by atoms with van der Waals surface area (Å²) in [4.78, 5) is 0.848. The Balaban J connectivity index is 1.93. The molecule has 1 aromatic carbocycles. The Labute approximate surface area is 121 Å². The van der Waals surface area contributed by atoms with Gasteiger partial charge in [0.15, 0.2) is 5.82 Å². The molecule has 6 heteroatoms. The molecule has 0 aliphatic carbocycles. The lowest BCUT2D eigenvalue weighted by Crippen LogP contribution is -2.16. The first-order chi connectivity index (χ1) is 9.43. The Morgan fingerprint density at radius 3 is 2.50 bits per heavy atom. The summed E-state index contributed by atoms with van der Waals surface area (Å²) in [5.41, 5.74) is 7.61. The summed E-state index contributed by atoms with van der Waals surface area (Å²) in [7, 11) is 0. The Hall–Kier alpha value is -1.95. The van der Waals surface area contributed by atoms with E-state index >= 15 is 0 Å². The first-order valence-corrected chi connectivity index (χ1v) is 7.31. The van der Waals surface area contributed by atoms with E-state index in [0.29, 0.717) is 0 Å². The number of nitrogens with two attached hydrogens (primary N) is 1. The second kappa shape index (κ2) is 4.56. The molecule has 0 unspecified atom stereocenters. The number of nitrogen functional groups attached to an aromatic ring is 1. The van der Waals surface area contributed by atoms with Gasteiger partial charge < -0.3 is 5.73 Å². The molecule has 3 aromatic rings. The van der Waals surface area contributed by atoms with Crippen LogP contribution >= 0.6 is 11.3 Å². The molecule has 0 amide bonds. The van der Waals surface area contributed by atoms with Crippen LogP contribution in [0.5, 0.6) is 0 Å². The summed E-state index contributed by atoms with van der Waals surface area (Å²) in [6.07, 6.45) is 0.790. The van der Waals surface area contributed by atoms with Gasteiger partial charge in [-0.3, -0.25) is 0 Å². The molecule has 20 heavy (non-hydrogen) atoms. The second-order valence-corrected chi connectivity index (χ2v) is 6.92. The maximum Gasteiger partial charge on any atom is 0.234 e. The zero-order valence-corrected chi connectivity index (χ0v) is 12.6. The number of rotatable bonds is 2. The van der Waals surface area contributed by atoms with Gasteiger partial charge in [-0.25, -0.2) is 0 Å². The molecule has 104 valence electrons. The molecule has 0 fully saturated rings. The lowest BCUT2D eigenvalue weighted by molar-refractivity contribution is 0.527. The molecule has 3 rings (SSSR count). The summed E-state index contributed by atoms with van der Waals surface area (Å²) < 4.78 is 1.86. The van der Waals surface area contributed by atoms with Crippen LogP contribution in [0.4, 0.5) is 5.69 Å². The van der Waals surface area contributed by atoms with Gasteiger partial charge in [0, 0.05) is 17.5 Å². The molecule has 2 heterocycles. The largest absolute Gasteiger partial charge is 0.399 e. The third-order valence-electron chi connectivity index (χ3n) is 3.04. The molecule has 0 atom stereocenters. The van der Waals surface area contributed by atoms with Crippen molar-refractivity contribution in [2.24, 2.45) is 0 Å². The summed E-state index contributed by atoms with van der Waals surface area (Å²) >= 11 is 1.58. The maximum atomic E-state index is 5.70. The van der Waals surface area contributed by atoms with Crippen molar-refractivity contribution in [3.05, 3.63) is 40.7 Å². The van der Waals surface area contributed by atoms with E-state index in [0.717, 1.165) is 27.9 Å². The number of aromatic nitrogens is 4. The molecule has 0 saturated heterocycles. The minimum Gasteiger partial charge on any atom is -0.399 e. The molecule has 0 radical (unpaired) electrons. The number of hydrogen-bond donors (Lipinski definition) is 1. The average molecular weight is 287 g/mol. The molecule has 5 nitrogen and oxygen atoms in total. The highest BCUT2D eigenvalue weighted by Crippen LogP contribution is 2.24. The smallest absolute Gasteiger partial charge is 0.234 e. The minimum absolute atomic E-state index is 0.0635. The Morgan fingerprint density at radius 2 is 1.85 bits per heavy atom. The molecular formula is C14H17N5S. The van der Waals surface area contributed by atoms with E-state index in [1.807, 2.05) is 28.8 Å². The number of hydrogen-bond acceptors (Lipinski definition) is 5. The van der Waals surface area contributed by atoms with Gasteiger partial charge in [0.25, 0.3) is 0 Å². The van der Waals surface area contributed by atoms with Crippen molar-refractivity contribution in [3.8, 4) is 0 Å². The number of benzene rings is 1. The van der Waals surface area contributed by atoms with Crippen LogP contribution in [0.15, 0.2) is 24.3 Å². The summed E-state index contributed by atoms with van der Waals surface area (Å²) in [5, 5.41) is 14.1. The fraction of sp³-hybridized carbons (Fsp3) is 0.357. The molecular weight excluding hydrogens is 270 g/mol. The van der Waals surface area contributed by atoms with Gasteiger partial charge in [-0.15, -0.1) is 10.2 Å². The van der Waals surface area contributed by atoms with E-state index in [2.05, 4.69) is 36.1 Å². The lowest BCUT2D eigenvalue weighted by atomic mass is 9.96. The van der Waals surface area contributed by atoms with E-state index < -0.39 is 0 Å². The summed E-state index contributed by atoms with van der Waals surface area (Å²) in [5.74, 6) is 0.896. The predicted molar refractivity (Wildman–Crippen MR) is 81.0 cm³/mol. The van der Waals surface area contributed by atoms with Gasteiger partial charge in [-0.2, -0.15) is 9.61 Å². The summed E-state index contributed by atoms with van der Waals surface area (Å²) in [6.45, 7) is 6.34. The van der Waals surface area contributed by atoms with Crippen LogP contribution in [0.1, 0.15) is 37.2 Å². The predicted octanol–water partition coefficient (Wildman–Crippen LogP) is 2.66. The minimum atomic E-state index is -0.0635. The fourth-order valence-corrected chi connectivity index (χ4v) is 2.87. The van der Waals surface area contributed by atoms with Crippen molar-refractivity contribution in [2.45, 2.75) is 32.6 Å². The first-order valence-electron chi connectivity index (χ1n) is 6.49. The molecule has 0 saturated carbocycles. The molecule has 0 spiro atoms. The highest BCUT2D eigenvalue weighted by Gasteiger charge is 2.23. The Bertz CT molecular complexity index is 733. The monoisotopic (exact) mass is 287 g/mol. The van der Waals surface area contributed by atoms with Gasteiger partial charge in [0.05, 0.1) is 0 Å². The zero-order valence-electron chi connectivity index (χ0n) is 11.8. The average Bonchev–Trinajstić information content (AvgIpc) is 2.90. The summed E-state index contributed by atoms with van der Waals surface area (Å²) in [6, 6.07) is 7.89. The van der Waals surface area contributed by atoms with Gasteiger partial charge in [0.1, 0.15) is 5.01 Å². The molecule has 2 aromatic heterocycles. The topological polar surface area (TPSA) is 69.1 Å². The first kappa shape index (κ1) is 13.1. The van der Waals surface area contributed by atoms with Crippen LogP contribution in [0, 0.1) is 0 Å². The normalized spacial score (nSPS) is 12.2. The highest BCUT2D eigenvalue weighted by molar-refractivity contribution is 7.16. The number of anilines is 1. The van der Waals surface area contributed by atoms with Gasteiger partial charge in [0.2, 0.25) is 4.96 Å². The van der Waals surface area contributed by atoms with Gasteiger partial charge in [-0.05, 0) is 17.7 Å². The third kappa shape index (κ3) is 2.38. The quantitative estimate of drug-likeness (QED) is 0.736. The van der Waals surface area contributed by atoms with Crippen molar-refractivity contribution in [2.75, 3.05) is 5.73 Å². The SMILES string of the molecule is CC(C)(C)c1nnc2sc(Cc3ccc(N)cc3)nn12. The maximum absolute atomic E-state index is 5.70. The number of fused-ring (bicyclic) bond motifs is 1. The van der Waals surface area contributed by atoms with Crippen LogP contribution < -0.4 is 5.73 Å². The Kier molecular flexibility index (Phi) is 2.97. The van der Waals surface area contributed by atoms with Crippen LogP contribution in [0.2, 0.25) is 0 Å².